The maximum atomic E-state index is 6.25. The number of nitrogens with one attached hydrogen (secondary N) is 1. The van der Waals surface area contributed by atoms with E-state index in [1.165, 1.54) is 29.7 Å². The van der Waals surface area contributed by atoms with Crippen LogP contribution in [0.2, 0.25) is 10.0 Å². The van der Waals surface area contributed by atoms with Crippen molar-refractivity contribution >= 4 is 23.2 Å². The molecule has 4 bridgehead atoms. The van der Waals surface area contributed by atoms with Crippen molar-refractivity contribution in [2.75, 3.05) is 13.2 Å². The molecule has 3 aliphatic heterocycles. The highest BCUT2D eigenvalue weighted by Gasteiger charge is 2.49. The van der Waals surface area contributed by atoms with Gasteiger partial charge in [0, 0.05) is 24.5 Å². The third kappa shape index (κ3) is 2.60. The van der Waals surface area contributed by atoms with Crippen molar-refractivity contribution in [3.8, 4) is 0 Å². The summed E-state index contributed by atoms with van der Waals surface area (Å²) in [5, 5.41) is 1.25. The molecule has 3 nitrogen and oxygen atoms in total. The molecule has 1 aromatic rings. The summed E-state index contributed by atoms with van der Waals surface area (Å²) in [6.45, 7) is 5.15. The van der Waals surface area contributed by atoms with E-state index in [2.05, 4.69) is 23.0 Å². The van der Waals surface area contributed by atoms with Crippen LogP contribution in [0.1, 0.15) is 30.7 Å². The highest BCUT2D eigenvalue weighted by Crippen LogP contribution is 2.51. The van der Waals surface area contributed by atoms with Crippen LogP contribution in [0.3, 0.4) is 0 Å². The summed E-state index contributed by atoms with van der Waals surface area (Å²) in [6.07, 6.45) is 5.43. The highest BCUT2D eigenvalue weighted by molar-refractivity contribution is 6.42. The maximum absolute atomic E-state index is 6.25. The molecule has 0 aromatic heterocycles. The van der Waals surface area contributed by atoms with Crippen molar-refractivity contribution in [1.82, 2.24) is 10.4 Å². The molecular formula is C18H20Cl2N2O. The van der Waals surface area contributed by atoms with Gasteiger partial charge in [0.15, 0.2) is 0 Å². The molecule has 2 fully saturated rings. The van der Waals surface area contributed by atoms with Gasteiger partial charge in [-0.2, -0.15) is 0 Å². The lowest BCUT2D eigenvalue weighted by molar-refractivity contribution is 0.0818. The second-order valence-electron chi connectivity index (χ2n) is 6.52. The number of benzene rings is 1. The lowest BCUT2D eigenvalue weighted by atomic mass is 9.82. The Morgan fingerprint density at radius 3 is 2.96 bits per heavy atom. The number of rotatable bonds is 5. The van der Waals surface area contributed by atoms with Gasteiger partial charge in [0.25, 0.3) is 0 Å². The Bertz CT molecular complexity index is 673. The molecule has 1 aromatic carbocycles. The zero-order valence-electron chi connectivity index (χ0n) is 12.9. The van der Waals surface area contributed by atoms with Crippen LogP contribution in [0, 0.1) is 0 Å². The minimum atomic E-state index is 0.399. The van der Waals surface area contributed by atoms with Crippen LogP contribution in [0.5, 0.6) is 0 Å². The number of hydrogen-bond acceptors (Lipinski definition) is 3. The van der Waals surface area contributed by atoms with Crippen molar-refractivity contribution < 1.29 is 4.84 Å². The van der Waals surface area contributed by atoms with Crippen molar-refractivity contribution in [2.24, 2.45) is 0 Å². The molecule has 0 saturated carbocycles. The summed E-state index contributed by atoms with van der Waals surface area (Å²) in [4.78, 5) is 8.12. The molecule has 0 aliphatic carbocycles. The number of nitrogens with zero attached hydrogens (tertiary/aromatic N) is 1. The van der Waals surface area contributed by atoms with Gasteiger partial charge < -0.3 is 0 Å². The number of halogens is 2. The summed E-state index contributed by atoms with van der Waals surface area (Å²) < 4.78 is 0. The fourth-order valence-electron chi connectivity index (χ4n) is 4.40. The van der Waals surface area contributed by atoms with Gasteiger partial charge in [0.2, 0.25) is 0 Å². The van der Waals surface area contributed by atoms with E-state index in [0.29, 0.717) is 34.7 Å². The second kappa shape index (κ2) is 6.14. The summed E-state index contributed by atoms with van der Waals surface area (Å²) in [5.41, 5.74) is 7.12. The normalized spacial score (nSPS) is 31.6. The van der Waals surface area contributed by atoms with Gasteiger partial charge >= 0.3 is 0 Å². The van der Waals surface area contributed by atoms with Gasteiger partial charge in [-0.15, -0.1) is 6.58 Å². The number of hydrogen-bond donors (Lipinski definition) is 1. The Balaban J connectivity index is 1.69. The zero-order chi connectivity index (χ0) is 16.0. The molecule has 4 atom stereocenters. The molecular weight excluding hydrogens is 331 g/mol. The van der Waals surface area contributed by atoms with Crippen molar-refractivity contribution in [1.29, 1.82) is 0 Å². The van der Waals surface area contributed by atoms with Gasteiger partial charge in [-0.1, -0.05) is 35.3 Å². The van der Waals surface area contributed by atoms with E-state index < -0.39 is 0 Å². The number of hydroxylamine groups is 1. The van der Waals surface area contributed by atoms with E-state index in [1.807, 2.05) is 12.1 Å². The Hall–Kier alpha value is -1.000. The fourth-order valence-corrected chi connectivity index (χ4v) is 4.71. The SMILES string of the molecule is C=CCONC1=C2[C@H]3CC[C@@H](C[C@@H]2c2ccc(Cl)c(Cl)c2)N3C1. The standard InChI is InChI=1S/C18H20Cl2N2O/c1-2-7-23-21-16-10-22-12-4-6-17(22)18(16)13(9-12)11-3-5-14(19)15(20)8-11/h2-3,5,8,12-13,17,21H,1,4,6-7,9-10H2/t12-,13+,17+/m0/s1. The van der Waals surface area contributed by atoms with E-state index in [9.17, 15) is 0 Å². The molecule has 23 heavy (non-hydrogen) atoms. The lowest BCUT2D eigenvalue weighted by Gasteiger charge is -2.35. The fraction of sp³-hybridized carbons (Fsp3) is 0.444. The van der Waals surface area contributed by atoms with Gasteiger partial charge in [-0.25, -0.2) is 0 Å². The quantitative estimate of drug-likeness (QED) is 0.487. The van der Waals surface area contributed by atoms with Crippen molar-refractivity contribution in [3.63, 3.8) is 0 Å². The highest BCUT2D eigenvalue weighted by atomic mass is 35.5. The molecule has 1 unspecified atom stereocenters. The molecule has 0 spiro atoms. The summed E-state index contributed by atoms with van der Waals surface area (Å²) in [5.74, 6) is 0.399. The first-order valence-corrected chi connectivity index (χ1v) is 8.87. The Morgan fingerprint density at radius 2 is 2.17 bits per heavy atom. The van der Waals surface area contributed by atoms with Crippen molar-refractivity contribution in [3.05, 3.63) is 57.7 Å². The third-order valence-corrected chi connectivity index (χ3v) is 6.06. The van der Waals surface area contributed by atoms with Crippen molar-refractivity contribution in [2.45, 2.75) is 37.3 Å². The van der Waals surface area contributed by atoms with Gasteiger partial charge in [0.1, 0.15) is 0 Å². The average Bonchev–Trinajstić information content (AvgIpc) is 2.95. The Kier molecular flexibility index (Phi) is 4.14. The molecule has 5 heteroatoms. The van der Waals surface area contributed by atoms with Gasteiger partial charge in [-0.05, 0) is 42.5 Å². The van der Waals surface area contributed by atoms with E-state index >= 15 is 0 Å². The molecule has 0 amide bonds. The Labute approximate surface area is 146 Å². The predicted molar refractivity (Wildman–Crippen MR) is 93.6 cm³/mol. The first-order chi connectivity index (χ1) is 11.2. The molecule has 2 saturated heterocycles. The third-order valence-electron chi connectivity index (χ3n) is 5.32. The van der Waals surface area contributed by atoms with Crippen LogP contribution in [-0.2, 0) is 4.84 Å². The lowest BCUT2D eigenvalue weighted by Crippen LogP contribution is -2.39. The largest absolute Gasteiger partial charge is 0.288 e. The topological polar surface area (TPSA) is 24.5 Å². The molecule has 122 valence electrons. The van der Waals surface area contributed by atoms with E-state index in [1.54, 1.807) is 6.08 Å². The van der Waals surface area contributed by atoms with Crippen LogP contribution in [0.25, 0.3) is 0 Å². The van der Waals surface area contributed by atoms with Crippen LogP contribution in [0.4, 0.5) is 0 Å². The van der Waals surface area contributed by atoms with E-state index in [-0.39, 0.29) is 0 Å². The number of piperidine rings is 1. The Morgan fingerprint density at radius 1 is 1.30 bits per heavy atom. The van der Waals surface area contributed by atoms with Gasteiger partial charge in [-0.3, -0.25) is 15.2 Å². The van der Waals surface area contributed by atoms with E-state index in [4.69, 9.17) is 28.0 Å². The molecule has 4 rings (SSSR count). The molecule has 1 N–H and O–H groups in total. The maximum Gasteiger partial charge on any atom is 0.0924 e. The first-order valence-electron chi connectivity index (χ1n) is 8.11. The summed E-state index contributed by atoms with van der Waals surface area (Å²) in [7, 11) is 0. The summed E-state index contributed by atoms with van der Waals surface area (Å²) in [6, 6.07) is 7.24. The molecule has 0 radical (unpaired) electrons. The van der Waals surface area contributed by atoms with Crippen LogP contribution >= 0.6 is 23.2 Å². The van der Waals surface area contributed by atoms with Crippen LogP contribution in [0.15, 0.2) is 42.1 Å². The average molecular weight is 351 g/mol. The minimum Gasteiger partial charge on any atom is -0.288 e. The summed E-state index contributed by atoms with van der Waals surface area (Å²) >= 11 is 12.3. The first kappa shape index (κ1) is 15.5. The van der Waals surface area contributed by atoms with E-state index in [0.717, 1.165) is 13.0 Å². The zero-order valence-corrected chi connectivity index (χ0v) is 14.4. The minimum absolute atomic E-state index is 0.399. The predicted octanol–water partition coefficient (Wildman–Crippen LogP) is 4.29. The van der Waals surface area contributed by atoms with Crippen LogP contribution < -0.4 is 5.48 Å². The molecule has 3 heterocycles. The smallest absolute Gasteiger partial charge is 0.0924 e. The van der Waals surface area contributed by atoms with Gasteiger partial charge in [0.05, 0.1) is 22.3 Å². The van der Waals surface area contributed by atoms with Crippen LogP contribution in [-0.4, -0.2) is 30.1 Å². The molecule has 3 aliphatic rings. The second-order valence-corrected chi connectivity index (χ2v) is 7.33. The monoisotopic (exact) mass is 350 g/mol.